The topological polar surface area (TPSA) is 53.5 Å². The van der Waals surface area contributed by atoms with Crippen molar-refractivity contribution in [1.82, 2.24) is 9.97 Å². The van der Waals surface area contributed by atoms with Crippen LogP contribution in [0, 0.1) is 6.92 Å². The number of para-hydroxylation sites is 1. The maximum atomic E-state index is 5.93. The number of hydrogen-bond donors (Lipinski definition) is 0. The monoisotopic (exact) mass is 280 g/mol. The summed E-state index contributed by atoms with van der Waals surface area (Å²) in [6, 6.07) is 5.36. The number of nitrogens with zero attached hydrogens (tertiary/aromatic N) is 2. The van der Waals surface area contributed by atoms with Gasteiger partial charge in [0, 0.05) is 5.56 Å². The van der Waals surface area contributed by atoms with E-state index in [2.05, 4.69) is 9.97 Å². The number of methoxy groups -OCH3 is 2. The van der Waals surface area contributed by atoms with Gasteiger partial charge in [-0.2, -0.15) is 0 Å². The van der Waals surface area contributed by atoms with Crippen LogP contribution in [0.5, 0.6) is 23.1 Å². The molecule has 2 aromatic rings. The number of halogens is 1. The lowest BCUT2D eigenvalue weighted by molar-refractivity contribution is 0.341. The fraction of sp³-hybridized carbons (Fsp3) is 0.231. The molecule has 0 fully saturated rings. The number of hydrogen-bond acceptors (Lipinski definition) is 5. The van der Waals surface area contributed by atoms with Crippen LogP contribution in [0.2, 0.25) is 5.15 Å². The maximum absolute atomic E-state index is 5.93. The normalized spacial score (nSPS) is 10.1. The highest BCUT2D eigenvalue weighted by atomic mass is 35.5. The summed E-state index contributed by atoms with van der Waals surface area (Å²) < 4.78 is 16.2. The Morgan fingerprint density at radius 1 is 1.05 bits per heavy atom. The number of rotatable bonds is 4. The second kappa shape index (κ2) is 5.75. The smallest absolute Gasteiger partial charge is 0.227 e. The minimum Gasteiger partial charge on any atom is -0.493 e. The molecule has 0 unspecified atom stereocenters. The Kier molecular flexibility index (Phi) is 4.06. The molecular weight excluding hydrogens is 268 g/mol. The molecule has 0 N–H and O–H groups in total. The molecule has 0 spiro atoms. The van der Waals surface area contributed by atoms with Crippen LogP contribution in [0.25, 0.3) is 0 Å². The molecule has 19 heavy (non-hydrogen) atoms. The lowest BCUT2D eigenvalue weighted by atomic mass is 10.3. The van der Waals surface area contributed by atoms with Gasteiger partial charge in [-0.25, -0.2) is 9.97 Å². The van der Waals surface area contributed by atoms with Crippen LogP contribution in [0.15, 0.2) is 24.5 Å². The van der Waals surface area contributed by atoms with Gasteiger partial charge in [-0.3, -0.25) is 0 Å². The van der Waals surface area contributed by atoms with Gasteiger partial charge in [0.05, 0.1) is 14.2 Å². The van der Waals surface area contributed by atoms with Gasteiger partial charge < -0.3 is 14.2 Å². The molecule has 1 aromatic heterocycles. The van der Waals surface area contributed by atoms with Crippen LogP contribution < -0.4 is 14.2 Å². The highest BCUT2D eigenvalue weighted by Gasteiger charge is 2.15. The van der Waals surface area contributed by atoms with E-state index in [4.69, 9.17) is 25.8 Å². The molecule has 0 saturated carbocycles. The molecule has 0 atom stereocenters. The highest BCUT2D eigenvalue weighted by Crippen LogP contribution is 2.40. The fourth-order valence-electron chi connectivity index (χ4n) is 1.53. The molecule has 0 aliphatic carbocycles. The molecule has 0 amide bonds. The van der Waals surface area contributed by atoms with Gasteiger partial charge in [0.2, 0.25) is 11.6 Å². The minimum atomic E-state index is 0.346. The van der Waals surface area contributed by atoms with E-state index in [1.165, 1.54) is 6.33 Å². The molecule has 0 bridgehead atoms. The summed E-state index contributed by atoms with van der Waals surface area (Å²) in [5.41, 5.74) is 0.650. The van der Waals surface area contributed by atoms with E-state index < -0.39 is 0 Å². The van der Waals surface area contributed by atoms with Crippen LogP contribution in [-0.2, 0) is 0 Å². The maximum Gasteiger partial charge on any atom is 0.227 e. The van der Waals surface area contributed by atoms with Crippen molar-refractivity contribution < 1.29 is 14.2 Å². The zero-order valence-corrected chi connectivity index (χ0v) is 11.6. The lowest BCUT2D eigenvalue weighted by Crippen LogP contribution is -1.98. The average Bonchev–Trinajstić information content (AvgIpc) is 2.44. The van der Waals surface area contributed by atoms with Crippen LogP contribution in [-0.4, -0.2) is 24.2 Å². The van der Waals surface area contributed by atoms with Gasteiger partial charge in [-0.15, -0.1) is 0 Å². The average molecular weight is 281 g/mol. The Bertz CT molecular complexity index is 568. The summed E-state index contributed by atoms with van der Waals surface area (Å²) in [6.07, 6.45) is 1.34. The first kappa shape index (κ1) is 13.4. The summed E-state index contributed by atoms with van der Waals surface area (Å²) in [5, 5.41) is 0.346. The molecule has 5 nitrogen and oxygen atoms in total. The number of aromatic nitrogens is 2. The van der Waals surface area contributed by atoms with Crippen LogP contribution >= 0.6 is 11.6 Å². The molecule has 0 aliphatic heterocycles. The third-order valence-corrected chi connectivity index (χ3v) is 2.94. The summed E-state index contributed by atoms with van der Waals surface area (Å²) >= 11 is 5.93. The fourth-order valence-corrected chi connectivity index (χ4v) is 1.66. The first-order valence-corrected chi connectivity index (χ1v) is 5.91. The van der Waals surface area contributed by atoms with Gasteiger partial charge in [-0.05, 0) is 19.1 Å². The zero-order valence-electron chi connectivity index (χ0n) is 10.8. The highest BCUT2D eigenvalue weighted by molar-refractivity contribution is 6.30. The summed E-state index contributed by atoms with van der Waals surface area (Å²) in [7, 11) is 3.11. The number of benzene rings is 1. The van der Waals surface area contributed by atoms with E-state index in [0.29, 0.717) is 33.8 Å². The summed E-state index contributed by atoms with van der Waals surface area (Å²) in [4.78, 5) is 7.93. The lowest BCUT2D eigenvalue weighted by Gasteiger charge is -2.14. The Labute approximate surface area is 116 Å². The van der Waals surface area contributed by atoms with Crippen molar-refractivity contribution in [1.29, 1.82) is 0 Å². The third kappa shape index (κ3) is 2.71. The molecule has 0 aliphatic rings. The zero-order chi connectivity index (χ0) is 13.8. The van der Waals surface area contributed by atoms with Crippen molar-refractivity contribution in [3.63, 3.8) is 0 Å². The molecule has 100 valence electrons. The molecule has 1 heterocycles. The predicted octanol–water partition coefficient (Wildman–Crippen LogP) is 3.25. The van der Waals surface area contributed by atoms with Gasteiger partial charge in [0.1, 0.15) is 11.5 Å². The van der Waals surface area contributed by atoms with E-state index in [9.17, 15) is 0 Å². The molecule has 2 rings (SSSR count). The van der Waals surface area contributed by atoms with E-state index in [1.54, 1.807) is 33.3 Å². The van der Waals surface area contributed by atoms with Gasteiger partial charge >= 0.3 is 0 Å². The number of ether oxygens (including phenoxy) is 3. The quantitative estimate of drug-likeness (QED) is 0.805. The van der Waals surface area contributed by atoms with Crippen LogP contribution in [0.3, 0.4) is 0 Å². The second-order valence-corrected chi connectivity index (χ2v) is 4.05. The van der Waals surface area contributed by atoms with Gasteiger partial charge in [-0.1, -0.05) is 17.7 Å². The van der Waals surface area contributed by atoms with Crippen molar-refractivity contribution in [2.45, 2.75) is 6.92 Å². The first-order valence-electron chi connectivity index (χ1n) is 5.53. The van der Waals surface area contributed by atoms with E-state index in [1.807, 2.05) is 6.07 Å². The third-order valence-electron chi connectivity index (χ3n) is 2.56. The second-order valence-electron chi connectivity index (χ2n) is 3.69. The van der Waals surface area contributed by atoms with Crippen molar-refractivity contribution in [2.24, 2.45) is 0 Å². The van der Waals surface area contributed by atoms with E-state index in [-0.39, 0.29) is 0 Å². The van der Waals surface area contributed by atoms with Crippen molar-refractivity contribution >= 4 is 11.6 Å². The Morgan fingerprint density at radius 2 is 1.68 bits per heavy atom. The van der Waals surface area contributed by atoms with Crippen molar-refractivity contribution in [3.8, 4) is 23.1 Å². The molecule has 0 radical (unpaired) electrons. The predicted molar refractivity (Wildman–Crippen MR) is 71.4 cm³/mol. The van der Waals surface area contributed by atoms with Crippen LogP contribution in [0.1, 0.15) is 5.56 Å². The Hall–Kier alpha value is -2.01. The standard InChI is InChI=1S/C13H13ClN2O3/c1-8-12(14)15-7-16-13(8)19-11-9(17-2)5-4-6-10(11)18-3/h4-7H,1-3H3. The molecular formula is C13H13ClN2O3. The van der Waals surface area contributed by atoms with E-state index in [0.717, 1.165) is 0 Å². The molecule has 1 aromatic carbocycles. The first-order chi connectivity index (χ1) is 9.17. The SMILES string of the molecule is COc1cccc(OC)c1Oc1ncnc(Cl)c1C. The Balaban J connectivity index is 2.45. The molecule has 6 heteroatoms. The van der Waals surface area contributed by atoms with Crippen molar-refractivity contribution in [2.75, 3.05) is 14.2 Å². The summed E-state index contributed by atoms with van der Waals surface area (Å²) in [6.45, 7) is 1.78. The minimum absolute atomic E-state index is 0.346. The van der Waals surface area contributed by atoms with Crippen LogP contribution in [0.4, 0.5) is 0 Å². The van der Waals surface area contributed by atoms with Gasteiger partial charge in [0.15, 0.2) is 11.5 Å². The van der Waals surface area contributed by atoms with E-state index >= 15 is 0 Å². The Morgan fingerprint density at radius 3 is 2.26 bits per heavy atom. The largest absolute Gasteiger partial charge is 0.493 e. The summed E-state index contributed by atoms with van der Waals surface area (Å²) in [5.74, 6) is 1.91. The van der Waals surface area contributed by atoms with Crippen molar-refractivity contribution in [3.05, 3.63) is 35.2 Å². The van der Waals surface area contributed by atoms with Gasteiger partial charge in [0.25, 0.3) is 0 Å². The molecule has 0 saturated heterocycles.